The Hall–Kier alpha value is -3.26. The normalized spacial score (nSPS) is 19.2. The summed E-state index contributed by atoms with van der Waals surface area (Å²) in [6.45, 7) is 0. The molecule has 0 spiro atoms. The van der Waals surface area contributed by atoms with Gasteiger partial charge in [-0.15, -0.1) is 5.10 Å². The lowest BCUT2D eigenvalue weighted by Gasteiger charge is -2.32. The summed E-state index contributed by atoms with van der Waals surface area (Å²) in [6.07, 6.45) is 10.1. The highest BCUT2D eigenvalue weighted by molar-refractivity contribution is 5.91. The van der Waals surface area contributed by atoms with Crippen LogP contribution in [0, 0.1) is 0 Å². The van der Waals surface area contributed by atoms with Crippen LogP contribution in [0.4, 0.5) is 5.95 Å². The summed E-state index contributed by atoms with van der Waals surface area (Å²) in [4.78, 5) is 15.5. The van der Waals surface area contributed by atoms with Gasteiger partial charge in [0.15, 0.2) is 0 Å². The van der Waals surface area contributed by atoms with Crippen LogP contribution in [0.15, 0.2) is 43.0 Å². The maximum absolute atomic E-state index is 5.40. The van der Waals surface area contributed by atoms with E-state index in [2.05, 4.69) is 57.5 Å². The molecule has 1 saturated carbocycles. The van der Waals surface area contributed by atoms with Crippen LogP contribution >= 0.6 is 0 Å². The third-order valence-electron chi connectivity index (χ3n) is 6.28. The first-order chi connectivity index (χ1) is 15.1. The molecule has 31 heavy (non-hydrogen) atoms. The first-order valence-corrected chi connectivity index (χ1v) is 10.7. The number of benzene rings is 1. The van der Waals surface area contributed by atoms with Crippen LogP contribution in [0.2, 0.25) is 0 Å². The highest BCUT2D eigenvalue weighted by Gasteiger charge is 2.23. The summed E-state index contributed by atoms with van der Waals surface area (Å²) in [6, 6.07) is 9.27. The summed E-state index contributed by atoms with van der Waals surface area (Å²) in [5.74, 6) is 1.25. The van der Waals surface area contributed by atoms with Crippen molar-refractivity contribution in [2.24, 2.45) is 0 Å². The summed E-state index contributed by atoms with van der Waals surface area (Å²) in [7, 11) is 5.95. The molecule has 8 heteroatoms. The van der Waals surface area contributed by atoms with Crippen LogP contribution in [-0.4, -0.2) is 62.8 Å². The Morgan fingerprint density at radius 1 is 1.06 bits per heavy atom. The third kappa shape index (κ3) is 3.79. The number of nitrogens with one attached hydrogen (secondary N) is 1. The zero-order valence-corrected chi connectivity index (χ0v) is 18.1. The number of hydrogen-bond donors (Lipinski definition) is 1. The predicted molar refractivity (Wildman–Crippen MR) is 121 cm³/mol. The van der Waals surface area contributed by atoms with Crippen molar-refractivity contribution < 1.29 is 4.74 Å². The fourth-order valence-electron chi connectivity index (χ4n) is 4.49. The molecule has 0 atom stereocenters. The molecule has 1 aromatic carbocycles. The monoisotopic (exact) mass is 417 g/mol. The highest BCUT2D eigenvalue weighted by atomic mass is 16.5. The molecule has 1 N–H and O–H groups in total. The average molecular weight is 418 g/mol. The molecule has 5 rings (SSSR count). The van der Waals surface area contributed by atoms with E-state index in [4.69, 9.17) is 9.84 Å². The van der Waals surface area contributed by atoms with E-state index >= 15 is 0 Å². The van der Waals surface area contributed by atoms with Gasteiger partial charge in [0.1, 0.15) is 6.33 Å². The number of fused-ring (bicyclic) bond motifs is 2. The van der Waals surface area contributed by atoms with Gasteiger partial charge in [-0.1, -0.05) is 6.07 Å². The van der Waals surface area contributed by atoms with E-state index in [0.717, 1.165) is 40.4 Å². The molecule has 8 nitrogen and oxygen atoms in total. The number of rotatable bonds is 5. The van der Waals surface area contributed by atoms with E-state index in [1.54, 1.807) is 7.11 Å². The molecule has 1 aliphatic rings. The topological polar surface area (TPSA) is 80.5 Å². The zero-order valence-electron chi connectivity index (χ0n) is 18.1. The van der Waals surface area contributed by atoms with Crippen molar-refractivity contribution in [3.05, 3.63) is 43.0 Å². The Morgan fingerprint density at radius 3 is 2.68 bits per heavy atom. The van der Waals surface area contributed by atoms with E-state index in [-0.39, 0.29) is 0 Å². The van der Waals surface area contributed by atoms with Crippen molar-refractivity contribution in [1.29, 1.82) is 0 Å². The summed E-state index contributed by atoms with van der Waals surface area (Å²) in [5.41, 5.74) is 3.92. The predicted octanol–water partition coefficient (Wildman–Crippen LogP) is 3.63. The molecule has 1 fully saturated rings. The lowest BCUT2D eigenvalue weighted by atomic mass is 9.91. The fraction of sp³-hybridized carbons (Fsp3) is 0.391. The van der Waals surface area contributed by atoms with Gasteiger partial charge in [-0.2, -0.15) is 0 Å². The number of nitrogens with zero attached hydrogens (tertiary/aromatic N) is 6. The molecule has 0 aliphatic heterocycles. The minimum absolute atomic E-state index is 0.427. The highest BCUT2D eigenvalue weighted by Crippen LogP contribution is 2.31. The van der Waals surface area contributed by atoms with Crippen LogP contribution in [0.25, 0.3) is 27.5 Å². The average Bonchev–Trinajstić information content (AvgIpc) is 3.22. The Bertz CT molecular complexity index is 1210. The smallest absolute Gasteiger partial charge is 0.241 e. The second-order valence-corrected chi connectivity index (χ2v) is 8.37. The molecule has 4 aromatic rings. The number of hydrogen-bond acceptors (Lipinski definition) is 7. The molecule has 160 valence electrons. The first-order valence-electron chi connectivity index (χ1n) is 10.7. The van der Waals surface area contributed by atoms with Crippen LogP contribution in [-0.2, 0) is 0 Å². The van der Waals surface area contributed by atoms with Crippen LogP contribution < -0.4 is 10.1 Å². The Balaban J connectivity index is 1.39. The maximum atomic E-state index is 5.40. The molecule has 1 aliphatic carbocycles. The first kappa shape index (κ1) is 19.7. The number of aromatic nitrogens is 5. The van der Waals surface area contributed by atoms with Gasteiger partial charge in [0.25, 0.3) is 0 Å². The molecule has 0 radical (unpaired) electrons. The Morgan fingerprint density at radius 2 is 1.90 bits per heavy atom. The molecule has 0 saturated heterocycles. The summed E-state index contributed by atoms with van der Waals surface area (Å²) >= 11 is 0. The van der Waals surface area contributed by atoms with Gasteiger partial charge in [0, 0.05) is 23.8 Å². The molecule has 0 bridgehead atoms. The lowest BCUT2D eigenvalue weighted by molar-refractivity contribution is 0.221. The zero-order chi connectivity index (χ0) is 21.4. The number of anilines is 1. The van der Waals surface area contributed by atoms with Gasteiger partial charge >= 0.3 is 0 Å². The van der Waals surface area contributed by atoms with Crippen LogP contribution in [0.1, 0.15) is 25.7 Å². The molecular formula is C23H27N7O. The SMILES string of the molecule is COc1ncnc2ccc(-c3ccn4nc(N[C@H]5CC[C@H](N(C)C)CC5)ncc34)cc12. The van der Waals surface area contributed by atoms with E-state index in [0.29, 0.717) is 23.9 Å². The third-order valence-corrected chi connectivity index (χ3v) is 6.28. The van der Waals surface area contributed by atoms with Crippen LogP contribution in [0.5, 0.6) is 5.88 Å². The van der Waals surface area contributed by atoms with E-state index in [1.807, 2.05) is 23.0 Å². The van der Waals surface area contributed by atoms with Gasteiger partial charge in [-0.05, 0) is 63.5 Å². The van der Waals surface area contributed by atoms with E-state index < -0.39 is 0 Å². The second-order valence-electron chi connectivity index (χ2n) is 8.37. The van der Waals surface area contributed by atoms with Crippen molar-refractivity contribution >= 4 is 22.4 Å². The molecule has 0 amide bonds. The molecule has 0 unspecified atom stereocenters. The molecule has 3 heterocycles. The van der Waals surface area contributed by atoms with Crippen molar-refractivity contribution in [3.8, 4) is 17.0 Å². The van der Waals surface area contributed by atoms with Gasteiger partial charge in [-0.3, -0.25) is 0 Å². The van der Waals surface area contributed by atoms with Crippen molar-refractivity contribution in [3.63, 3.8) is 0 Å². The second kappa shape index (κ2) is 8.11. The lowest BCUT2D eigenvalue weighted by Crippen LogP contribution is -2.36. The minimum Gasteiger partial charge on any atom is -0.480 e. The Kier molecular flexibility index (Phi) is 5.15. The molecular weight excluding hydrogens is 390 g/mol. The van der Waals surface area contributed by atoms with Crippen molar-refractivity contribution in [2.75, 3.05) is 26.5 Å². The number of ether oxygens (including phenoxy) is 1. The fourth-order valence-corrected chi connectivity index (χ4v) is 4.49. The van der Waals surface area contributed by atoms with Gasteiger partial charge < -0.3 is 15.0 Å². The van der Waals surface area contributed by atoms with Crippen LogP contribution in [0.3, 0.4) is 0 Å². The quantitative estimate of drug-likeness (QED) is 0.531. The van der Waals surface area contributed by atoms with Gasteiger partial charge in [0.05, 0.1) is 29.7 Å². The summed E-state index contributed by atoms with van der Waals surface area (Å²) < 4.78 is 7.29. The minimum atomic E-state index is 0.427. The standard InChI is InChI=1S/C23H27N7O/c1-29(2)17-7-5-16(6-8-17)27-23-24-13-21-18(10-11-30(21)28-23)15-4-9-20-19(12-15)22(31-3)26-14-25-20/h4,9-14,16-17H,5-8H2,1-3H3,(H,27,28)/t16-,17-. The maximum Gasteiger partial charge on any atom is 0.241 e. The Labute approximate surface area is 181 Å². The van der Waals surface area contributed by atoms with E-state index in [9.17, 15) is 0 Å². The molecule has 3 aromatic heterocycles. The van der Waals surface area contributed by atoms with Gasteiger partial charge in [-0.25, -0.2) is 19.5 Å². The van der Waals surface area contributed by atoms with E-state index in [1.165, 1.54) is 19.2 Å². The van der Waals surface area contributed by atoms with Crippen molar-refractivity contribution in [1.82, 2.24) is 29.5 Å². The summed E-state index contributed by atoms with van der Waals surface area (Å²) in [5, 5.41) is 9.11. The number of methoxy groups -OCH3 is 1. The van der Waals surface area contributed by atoms with Crippen molar-refractivity contribution in [2.45, 2.75) is 37.8 Å². The van der Waals surface area contributed by atoms with Gasteiger partial charge in [0.2, 0.25) is 11.8 Å². The largest absolute Gasteiger partial charge is 0.480 e.